The number of rotatable bonds is 6. The Bertz CT molecular complexity index is 356. The van der Waals surface area contributed by atoms with E-state index in [0.29, 0.717) is 12.0 Å². The van der Waals surface area contributed by atoms with Gasteiger partial charge >= 0.3 is 0 Å². The van der Waals surface area contributed by atoms with Gasteiger partial charge in [0, 0.05) is 37.6 Å². The van der Waals surface area contributed by atoms with Gasteiger partial charge in [0.1, 0.15) is 0 Å². The molecule has 1 aliphatic carbocycles. The lowest BCUT2D eigenvalue weighted by molar-refractivity contribution is 0.186. The summed E-state index contributed by atoms with van der Waals surface area (Å²) >= 11 is 0. The quantitative estimate of drug-likeness (QED) is 0.444. The van der Waals surface area contributed by atoms with Crippen molar-refractivity contribution in [2.24, 2.45) is 5.84 Å². The van der Waals surface area contributed by atoms with Crippen molar-refractivity contribution in [3.63, 3.8) is 0 Å². The minimum absolute atomic E-state index is 0.307. The third kappa shape index (κ3) is 2.83. The van der Waals surface area contributed by atoms with Gasteiger partial charge in [-0.25, -0.2) is 0 Å². The Morgan fingerprint density at radius 1 is 1.65 bits per heavy atom. The van der Waals surface area contributed by atoms with Crippen LogP contribution >= 0.6 is 0 Å². The summed E-state index contributed by atoms with van der Waals surface area (Å²) in [5.74, 6) is 6.13. The standard InChI is InChI=1S/C13H21N3O/c1-17-9-3-5-12(16-14)11-7-6-10-4-2-8-15-13(10)11/h2,4,8,11-12,16H,3,5-7,9,14H2,1H3. The second kappa shape index (κ2) is 6.10. The molecule has 0 amide bonds. The van der Waals surface area contributed by atoms with Crippen molar-refractivity contribution in [3.05, 3.63) is 29.6 Å². The number of nitrogens with one attached hydrogen (secondary N) is 1. The first-order valence-corrected chi connectivity index (χ1v) is 6.25. The highest BCUT2D eigenvalue weighted by Gasteiger charge is 2.29. The Morgan fingerprint density at radius 2 is 2.53 bits per heavy atom. The summed E-state index contributed by atoms with van der Waals surface area (Å²) in [5, 5.41) is 0. The zero-order valence-electron chi connectivity index (χ0n) is 10.4. The van der Waals surface area contributed by atoms with E-state index in [4.69, 9.17) is 10.6 Å². The van der Waals surface area contributed by atoms with Crippen LogP contribution in [-0.2, 0) is 11.2 Å². The number of methoxy groups -OCH3 is 1. The fraction of sp³-hybridized carbons (Fsp3) is 0.615. The summed E-state index contributed by atoms with van der Waals surface area (Å²) in [6, 6.07) is 4.49. The summed E-state index contributed by atoms with van der Waals surface area (Å²) in [5.41, 5.74) is 5.56. The molecule has 2 atom stereocenters. The molecular weight excluding hydrogens is 214 g/mol. The molecule has 1 aromatic rings. The van der Waals surface area contributed by atoms with Gasteiger partial charge in [-0.05, 0) is 37.3 Å². The van der Waals surface area contributed by atoms with Crippen LogP contribution in [0.2, 0.25) is 0 Å². The van der Waals surface area contributed by atoms with E-state index in [1.165, 1.54) is 11.3 Å². The molecule has 2 unspecified atom stereocenters. The molecule has 0 radical (unpaired) electrons. The van der Waals surface area contributed by atoms with Gasteiger partial charge in [-0.3, -0.25) is 16.3 Å². The molecule has 0 spiro atoms. The third-order valence-electron chi connectivity index (χ3n) is 3.57. The van der Waals surface area contributed by atoms with Crippen molar-refractivity contribution in [3.8, 4) is 0 Å². The smallest absolute Gasteiger partial charge is 0.0482 e. The predicted molar refractivity (Wildman–Crippen MR) is 67.5 cm³/mol. The fourth-order valence-electron chi connectivity index (χ4n) is 2.68. The largest absolute Gasteiger partial charge is 0.385 e. The number of hydrogen-bond acceptors (Lipinski definition) is 4. The van der Waals surface area contributed by atoms with Gasteiger partial charge in [-0.1, -0.05) is 6.07 Å². The maximum Gasteiger partial charge on any atom is 0.0482 e. The molecule has 94 valence electrons. The van der Waals surface area contributed by atoms with Crippen molar-refractivity contribution in [2.75, 3.05) is 13.7 Å². The van der Waals surface area contributed by atoms with Gasteiger partial charge in [-0.15, -0.1) is 0 Å². The maximum atomic E-state index is 5.67. The number of ether oxygens (including phenoxy) is 1. The molecule has 3 N–H and O–H groups in total. The van der Waals surface area contributed by atoms with Crippen LogP contribution in [0.25, 0.3) is 0 Å². The van der Waals surface area contributed by atoms with E-state index in [0.717, 1.165) is 32.3 Å². The molecule has 1 aromatic heterocycles. The van der Waals surface area contributed by atoms with Crippen LogP contribution in [-0.4, -0.2) is 24.7 Å². The van der Waals surface area contributed by atoms with Crippen LogP contribution in [0.1, 0.15) is 36.4 Å². The molecule has 0 saturated carbocycles. The Kier molecular flexibility index (Phi) is 4.48. The summed E-state index contributed by atoms with van der Waals surface area (Å²) in [7, 11) is 1.73. The second-order valence-corrected chi connectivity index (χ2v) is 4.60. The minimum Gasteiger partial charge on any atom is -0.385 e. The molecule has 0 aliphatic heterocycles. The van der Waals surface area contributed by atoms with Crippen LogP contribution in [0.15, 0.2) is 18.3 Å². The number of fused-ring (bicyclic) bond motifs is 1. The molecule has 0 aromatic carbocycles. The van der Waals surface area contributed by atoms with Gasteiger partial charge in [0.25, 0.3) is 0 Å². The summed E-state index contributed by atoms with van der Waals surface area (Å²) < 4.78 is 5.08. The highest BCUT2D eigenvalue weighted by molar-refractivity contribution is 5.29. The molecule has 1 heterocycles. The van der Waals surface area contributed by atoms with E-state index in [2.05, 4.69) is 16.5 Å². The zero-order chi connectivity index (χ0) is 12.1. The number of nitrogens with two attached hydrogens (primary N) is 1. The lowest BCUT2D eigenvalue weighted by atomic mass is 9.94. The monoisotopic (exact) mass is 235 g/mol. The average Bonchev–Trinajstić information content (AvgIpc) is 2.79. The molecule has 4 heteroatoms. The second-order valence-electron chi connectivity index (χ2n) is 4.60. The Balaban J connectivity index is 2.01. The van der Waals surface area contributed by atoms with Crippen molar-refractivity contribution in [1.29, 1.82) is 0 Å². The Labute approximate surface area is 103 Å². The molecule has 0 bridgehead atoms. The van der Waals surface area contributed by atoms with Gasteiger partial charge in [-0.2, -0.15) is 0 Å². The molecule has 0 saturated heterocycles. The molecule has 1 aliphatic rings. The van der Waals surface area contributed by atoms with Crippen molar-refractivity contribution >= 4 is 0 Å². The van der Waals surface area contributed by atoms with E-state index in [1.54, 1.807) is 7.11 Å². The number of nitrogens with zero attached hydrogens (tertiary/aromatic N) is 1. The zero-order valence-corrected chi connectivity index (χ0v) is 10.4. The number of hydrazine groups is 1. The number of aryl methyl sites for hydroxylation is 1. The molecular formula is C13H21N3O. The summed E-state index contributed by atoms with van der Waals surface area (Å²) in [6.45, 7) is 0.792. The SMILES string of the molecule is COCCCC(NN)C1CCc2cccnc21. The van der Waals surface area contributed by atoms with Crippen LogP contribution in [0.5, 0.6) is 0 Å². The normalized spacial score (nSPS) is 20.2. The van der Waals surface area contributed by atoms with Crippen molar-refractivity contribution in [2.45, 2.75) is 37.6 Å². The average molecular weight is 235 g/mol. The van der Waals surface area contributed by atoms with Gasteiger partial charge in [0.05, 0.1) is 0 Å². The van der Waals surface area contributed by atoms with Crippen molar-refractivity contribution in [1.82, 2.24) is 10.4 Å². The van der Waals surface area contributed by atoms with Crippen molar-refractivity contribution < 1.29 is 4.74 Å². The Morgan fingerprint density at radius 3 is 3.29 bits per heavy atom. The lowest BCUT2D eigenvalue weighted by Crippen LogP contribution is -2.39. The third-order valence-corrected chi connectivity index (χ3v) is 3.57. The Hall–Kier alpha value is -0.970. The van der Waals surface area contributed by atoms with E-state index < -0.39 is 0 Å². The first-order chi connectivity index (χ1) is 8.36. The first-order valence-electron chi connectivity index (χ1n) is 6.25. The van der Waals surface area contributed by atoms with Crippen LogP contribution in [0.4, 0.5) is 0 Å². The molecule has 0 fully saturated rings. The van der Waals surface area contributed by atoms with Crippen LogP contribution in [0.3, 0.4) is 0 Å². The summed E-state index contributed by atoms with van der Waals surface area (Å²) in [6.07, 6.45) is 6.21. The number of aromatic nitrogens is 1. The topological polar surface area (TPSA) is 60.2 Å². The van der Waals surface area contributed by atoms with E-state index in [-0.39, 0.29) is 0 Å². The van der Waals surface area contributed by atoms with E-state index in [1.807, 2.05) is 12.3 Å². The van der Waals surface area contributed by atoms with Crippen LogP contribution in [0, 0.1) is 0 Å². The van der Waals surface area contributed by atoms with Crippen LogP contribution < -0.4 is 11.3 Å². The first kappa shape index (κ1) is 12.5. The van der Waals surface area contributed by atoms with Gasteiger partial charge in [0.15, 0.2) is 0 Å². The van der Waals surface area contributed by atoms with Gasteiger partial charge < -0.3 is 4.74 Å². The highest BCUT2D eigenvalue weighted by Crippen LogP contribution is 2.34. The fourth-order valence-corrected chi connectivity index (χ4v) is 2.68. The van der Waals surface area contributed by atoms with E-state index in [9.17, 15) is 0 Å². The highest BCUT2D eigenvalue weighted by atomic mass is 16.5. The van der Waals surface area contributed by atoms with Gasteiger partial charge in [0.2, 0.25) is 0 Å². The lowest BCUT2D eigenvalue weighted by Gasteiger charge is -2.22. The molecule has 4 nitrogen and oxygen atoms in total. The maximum absolute atomic E-state index is 5.67. The predicted octanol–water partition coefficient (Wildman–Crippen LogP) is 1.37. The molecule has 2 rings (SSSR count). The molecule has 17 heavy (non-hydrogen) atoms. The minimum atomic E-state index is 0.307. The summed E-state index contributed by atoms with van der Waals surface area (Å²) in [4.78, 5) is 4.51. The van der Waals surface area contributed by atoms with E-state index >= 15 is 0 Å². The number of hydrogen-bond donors (Lipinski definition) is 2. The number of pyridine rings is 1.